The first-order valence-electron chi connectivity index (χ1n) is 9.94. The smallest absolute Gasteiger partial charge is 0.225 e. The molecule has 1 unspecified atom stereocenters. The van der Waals surface area contributed by atoms with Gasteiger partial charge >= 0.3 is 0 Å². The Bertz CT molecular complexity index is 932. The van der Waals surface area contributed by atoms with Gasteiger partial charge in [-0.05, 0) is 50.2 Å². The van der Waals surface area contributed by atoms with E-state index in [4.69, 9.17) is 10.7 Å². The number of nitrogens with zero attached hydrogens (tertiary/aromatic N) is 3. The summed E-state index contributed by atoms with van der Waals surface area (Å²) in [6.45, 7) is 5.41. The molecule has 0 saturated carbocycles. The number of anilines is 1. The number of ketones is 1. The summed E-state index contributed by atoms with van der Waals surface area (Å²) >= 11 is 0. The van der Waals surface area contributed by atoms with E-state index in [1.54, 1.807) is 0 Å². The van der Waals surface area contributed by atoms with Gasteiger partial charge in [0.1, 0.15) is 0 Å². The first-order valence-corrected chi connectivity index (χ1v) is 9.94. The molecule has 2 heterocycles. The van der Waals surface area contributed by atoms with Gasteiger partial charge in [-0.25, -0.2) is 9.97 Å². The van der Waals surface area contributed by atoms with Gasteiger partial charge < -0.3 is 10.6 Å². The number of piperidine rings is 1. The lowest BCUT2D eigenvalue weighted by atomic mass is 9.80. The number of rotatable bonds is 3. The van der Waals surface area contributed by atoms with Gasteiger partial charge in [-0.3, -0.25) is 9.59 Å². The Morgan fingerprint density at radius 3 is 2.50 bits per heavy atom. The second-order valence-electron chi connectivity index (χ2n) is 7.98. The van der Waals surface area contributed by atoms with Crippen LogP contribution < -0.4 is 10.6 Å². The van der Waals surface area contributed by atoms with E-state index < -0.39 is 0 Å². The van der Waals surface area contributed by atoms with Crippen molar-refractivity contribution < 1.29 is 9.59 Å². The summed E-state index contributed by atoms with van der Waals surface area (Å²) in [6.07, 6.45) is 2.70. The second-order valence-corrected chi connectivity index (χ2v) is 7.98. The van der Waals surface area contributed by atoms with Gasteiger partial charge in [0.25, 0.3) is 0 Å². The van der Waals surface area contributed by atoms with Crippen molar-refractivity contribution in [3.8, 4) is 0 Å². The highest BCUT2D eigenvalue weighted by molar-refractivity contribution is 5.99. The summed E-state index contributed by atoms with van der Waals surface area (Å²) < 4.78 is 0. The maximum atomic E-state index is 12.9. The van der Waals surface area contributed by atoms with Crippen molar-refractivity contribution in [1.29, 1.82) is 0 Å². The third-order valence-corrected chi connectivity index (χ3v) is 6.11. The average molecular weight is 378 g/mol. The van der Waals surface area contributed by atoms with Crippen LogP contribution in [0.3, 0.4) is 0 Å². The number of aromatic nitrogens is 2. The molecule has 2 aliphatic rings. The maximum Gasteiger partial charge on any atom is 0.225 e. The molecule has 1 amide bonds. The zero-order valence-electron chi connectivity index (χ0n) is 16.4. The molecule has 0 bridgehead atoms. The highest BCUT2D eigenvalue weighted by atomic mass is 16.1. The molecule has 1 aliphatic carbocycles. The first-order chi connectivity index (χ1) is 13.4. The molecule has 1 fully saturated rings. The predicted octanol–water partition coefficient (Wildman–Crippen LogP) is 2.71. The van der Waals surface area contributed by atoms with Gasteiger partial charge in [0.05, 0.1) is 17.0 Å². The number of primary amides is 1. The number of Topliss-reactive ketones (excluding diaryl/α,β-unsaturated/α-hetero) is 1. The van der Waals surface area contributed by atoms with Crippen LogP contribution in [0, 0.1) is 19.8 Å². The zero-order chi connectivity index (χ0) is 19.8. The number of aryl methyl sites for hydroxylation is 2. The number of hydrogen-bond donors (Lipinski definition) is 1. The van der Waals surface area contributed by atoms with Crippen LogP contribution in [0.5, 0.6) is 0 Å². The second kappa shape index (κ2) is 7.34. The van der Waals surface area contributed by atoms with E-state index in [-0.39, 0.29) is 23.5 Å². The lowest BCUT2D eigenvalue weighted by Crippen LogP contribution is -2.39. The number of nitrogens with two attached hydrogens (primary N) is 1. The van der Waals surface area contributed by atoms with E-state index in [1.807, 2.05) is 19.1 Å². The zero-order valence-corrected chi connectivity index (χ0v) is 16.4. The van der Waals surface area contributed by atoms with Gasteiger partial charge in [0.2, 0.25) is 11.9 Å². The monoisotopic (exact) mass is 378 g/mol. The minimum Gasteiger partial charge on any atom is -0.369 e. The summed E-state index contributed by atoms with van der Waals surface area (Å²) in [7, 11) is 0. The van der Waals surface area contributed by atoms with Crippen molar-refractivity contribution in [2.75, 3.05) is 18.0 Å². The van der Waals surface area contributed by atoms with Gasteiger partial charge in [-0.15, -0.1) is 0 Å². The number of hydrogen-bond acceptors (Lipinski definition) is 5. The van der Waals surface area contributed by atoms with Crippen molar-refractivity contribution in [2.45, 2.75) is 45.4 Å². The minimum absolute atomic E-state index is 0.0676. The van der Waals surface area contributed by atoms with Crippen molar-refractivity contribution in [1.82, 2.24) is 9.97 Å². The molecule has 1 aliphatic heterocycles. The summed E-state index contributed by atoms with van der Waals surface area (Å²) in [6, 6.07) is 8.26. The Morgan fingerprint density at radius 1 is 1.11 bits per heavy atom. The van der Waals surface area contributed by atoms with E-state index in [1.165, 1.54) is 11.1 Å². The van der Waals surface area contributed by atoms with E-state index in [2.05, 4.69) is 28.9 Å². The van der Waals surface area contributed by atoms with Crippen LogP contribution in [-0.4, -0.2) is 34.7 Å². The number of benzene rings is 1. The molecule has 0 spiro atoms. The molecule has 0 radical (unpaired) electrons. The Kier molecular flexibility index (Phi) is 4.87. The fourth-order valence-corrected chi connectivity index (χ4v) is 4.53. The number of carbonyl (C=O) groups excluding carboxylic acids is 2. The maximum absolute atomic E-state index is 12.9. The molecule has 28 heavy (non-hydrogen) atoms. The van der Waals surface area contributed by atoms with Crippen molar-refractivity contribution in [3.05, 3.63) is 52.3 Å². The van der Waals surface area contributed by atoms with Gasteiger partial charge in [0.15, 0.2) is 5.78 Å². The molecule has 1 saturated heterocycles. The van der Waals surface area contributed by atoms with E-state index in [0.717, 1.165) is 30.7 Å². The molecule has 6 nitrogen and oxygen atoms in total. The fourth-order valence-electron chi connectivity index (χ4n) is 4.53. The van der Waals surface area contributed by atoms with Crippen LogP contribution >= 0.6 is 0 Å². The Balaban J connectivity index is 1.62. The molecule has 1 aromatic heterocycles. The normalized spacial score (nSPS) is 20.1. The molecule has 6 heteroatoms. The molecular formula is C22H26N4O2. The molecule has 1 atom stereocenters. The van der Waals surface area contributed by atoms with Crippen molar-refractivity contribution >= 4 is 17.6 Å². The first kappa shape index (κ1) is 18.6. The number of fused-ring (bicyclic) bond motifs is 1. The van der Waals surface area contributed by atoms with Crippen molar-refractivity contribution in [3.63, 3.8) is 0 Å². The standard InChI is InChI=1S/C22H26N4O2/c1-13-5-3-4-6-17(13)16-11-18-20(19(27)12-16)14(2)24-22(25-18)26-9-7-15(8-10-26)21(23)28/h3-6,15-16H,7-12H2,1-2H3,(H2,23,28). The number of carbonyl (C=O) groups is 2. The van der Waals surface area contributed by atoms with Gasteiger partial charge in [-0.2, -0.15) is 0 Å². The summed E-state index contributed by atoms with van der Waals surface area (Å²) in [5.74, 6) is 0.656. The number of amides is 1. The fraction of sp³-hybridized carbons (Fsp3) is 0.455. The van der Waals surface area contributed by atoms with Crippen LogP contribution in [0.15, 0.2) is 24.3 Å². The van der Waals surface area contributed by atoms with Gasteiger partial charge in [-0.1, -0.05) is 24.3 Å². The molecule has 4 rings (SSSR count). The lowest BCUT2D eigenvalue weighted by molar-refractivity contribution is -0.122. The van der Waals surface area contributed by atoms with E-state index in [0.29, 0.717) is 31.0 Å². The predicted molar refractivity (Wildman–Crippen MR) is 107 cm³/mol. The van der Waals surface area contributed by atoms with Crippen LogP contribution in [0.1, 0.15) is 58.1 Å². The summed E-state index contributed by atoms with van der Waals surface area (Å²) in [5, 5.41) is 0. The van der Waals surface area contributed by atoms with E-state index in [9.17, 15) is 9.59 Å². The highest BCUT2D eigenvalue weighted by Crippen LogP contribution is 2.35. The molecule has 1 aromatic carbocycles. The van der Waals surface area contributed by atoms with Crippen LogP contribution in [0.2, 0.25) is 0 Å². The van der Waals surface area contributed by atoms with Gasteiger partial charge in [0, 0.05) is 25.4 Å². The lowest BCUT2D eigenvalue weighted by Gasteiger charge is -2.32. The SMILES string of the molecule is Cc1ccccc1C1CC(=O)c2c(C)nc(N3CCC(C(N)=O)CC3)nc2C1. The topological polar surface area (TPSA) is 89.2 Å². The third-order valence-electron chi connectivity index (χ3n) is 6.11. The van der Waals surface area contributed by atoms with Crippen molar-refractivity contribution in [2.24, 2.45) is 11.7 Å². The Morgan fingerprint density at radius 2 is 1.82 bits per heavy atom. The average Bonchev–Trinajstić information content (AvgIpc) is 2.67. The van der Waals surface area contributed by atoms with Crippen LogP contribution in [0.25, 0.3) is 0 Å². The third kappa shape index (κ3) is 3.39. The minimum atomic E-state index is -0.228. The molecule has 2 N–H and O–H groups in total. The quantitative estimate of drug-likeness (QED) is 0.887. The van der Waals surface area contributed by atoms with E-state index >= 15 is 0 Å². The van der Waals surface area contributed by atoms with Crippen LogP contribution in [0.4, 0.5) is 5.95 Å². The molecule has 146 valence electrons. The summed E-state index contributed by atoms with van der Waals surface area (Å²) in [4.78, 5) is 35.8. The molecule has 2 aromatic rings. The van der Waals surface area contributed by atoms with Crippen LogP contribution in [-0.2, 0) is 11.2 Å². The Labute approximate surface area is 165 Å². The largest absolute Gasteiger partial charge is 0.369 e. The Hall–Kier alpha value is -2.76. The highest BCUT2D eigenvalue weighted by Gasteiger charge is 2.32. The molecular weight excluding hydrogens is 352 g/mol. The summed E-state index contributed by atoms with van der Waals surface area (Å²) in [5.41, 5.74) is 10.2.